The van der Waals surface area contributed by atoms with Gasteiger partial charge in [0.2, 0.25) is 5.54 Å². The van der Waals surface area contributed by atoms with Crippen LogP contribution in [0.2, 0.25) is 5.02 Å². The molecule has 2 amide bonds. The van der Waals surface area contributed by atoms with E-state index in [4.69, 9.17) is 11.6 Å². The Hall–Kier alpha value is -1.64. The summed E-state index contributed by atoms with van der Waals surface area (Å²) >= 11 is 5.77. The van der Waals surface area contributed by atoms with Crippen LogP contribution in [0.3, 0.4) is 0 Å². The summed E-state index contributed by atoms with van der Waals surface area (Å²) < 4.78 is 77.4. The maximum atomic E-state index is 12.9. The molecule has 0 aliphatic carbocycles. The Labute approximate surface area is 133 Å². The van der Waals surface area contributed by atoms with Crippen molar-refractivity contribution in [3.63, 3.8) is 0 Å². The molecule has 0 aliphatic heterocycles. The van der Waals surface area contributed by atoms with Gasteiger partial charge in [0.05, 0.1) is 0 Å². The predicted molar refractivity (Wildman–Crippen MR) is 73.5 cm³/mol. The van der Waals surface area contributed by atoms with Crippen LogP contribution in [-0.4, -0.2) is 23.9 Å². The highest BCUT2D eigenvalue weighted by molar-refractivity contribution is 6.31. The van der Waals surface area contributed by atoms with Crippen LogP contribution in [0, 0.1) is 6.92 Å². The lowest BCUT2D eigenvalue weighted by Gasteiger charge is -2.37. The van der Waals surface area contributed by atoms with E-state index in [-0.39, 0.29) is 10.7 Å². The van der Waals surface area contributed by atoms with Crippen LogP contribution in [0.5, 0.6) is 0 Å². The Morgan fingerprint density at radius 3 is 2.04 bits per heavy atom. The number of alkyl halides is 6. The summed E-state index contributed by atoms with van der Waals surface area (Å²) in [5.74, 6) is 0. The molecule has 0 spiro atoms. The van der Waals surface area contributed by atoms with Gasteiger partial charge >= 0.3 is 18.4 Å². The zero-order valence-corrected chi connectivity index (χ0v) is 12.7. The van der Waals surface area contributed by atoms with Crippen molar-refractivity contribution >= 4 is 23.3 Å². The molecule has 0 atom stereocenters. The summed E-state index contributed by atoms with van der Waals surface area (Å²) in [6, 6.07) is 2.33. The maximum Gasteiger partial charge on any atom is 0.420 e. The Morgan fingerprint density at radius 1 is 1.13 bits per heavy atom. The molecule has 0 heterocycles. The fourth-order valence-electron chi connectivity index (χ4n) is 1.82. The van der Waals surface area contributed by atoms with E-state index in [1.807, 2.05) is 5.32 Å². The van der Waals surface area contributed by atoms with Gasteiger partial charge in [-0.25, -0.2) is 4.79 Å². The van der Waals surface area contributed by atoms with Gasteiger partial charge in [-0.15, -0.1) is 0 Å². The predicted octanol–water partition coefficient (Wildman–Crippen LogP) is 5.04. The maximum absolute atomic E-state index is 12.9. The highest BCUT2D eigenvalue weighted by Crippen LogP contribution is 2.45. The molecule has 0 aliphatic rings. The number of carbonyl (C=O) groups excluding carboxylic acids is 1. The van der Waals surface area contributed by atoms with Crippen LogP contribution in [0.15, 0.2) is 18.2 Å². The van der Waals surface area contributed by atoms with Crippen LogP contribution >= 0.6 is 11.6 Å². The van der Waals surface area contributed by atoms with Crippen molar-refractivity contribution in [2.75, 3.05) is 5.32 Å². The third kappa shape index (κ3) is 4.01. The molecule has 0 radical (unpaired) electrons. The van der Waals surface area contributed by atoms with Gasteiger partial charge in [0.1, 0.15) is 0 Å². The van der Waals surface area contributed by atoms with E-state index >= 15 is 0 Å². The third-order valence-electron chi connectivity index (χ3n) is 3.25. The minimum Gasteiger partial charge on any atom is -0.316 e. The number of carbonyl (C=O) groups is 1. The number of anilines is 1. The van der Waals surface area contributed by atoms with Crippen LogP contribution < -0.4 is 10.6 Å². The topological polar surface area (TPSA) is 41.1 Å². The Balaban J connectivity index is 3.05. The molecule has 1 aromatic rings. The number of hydrogen-bond acceptors (Lipinski definition) is 1. The molecule has 10 heteroatoms. The molecule has 0 fully saturated rings. The molecule has 0 saturated carbocycles. The lowest BCUT2D eigenvalue weighted by atomic mass is 9.94. The van der Waals surface area contributed by atoms with Crippen molar-refractivity contribution in [2.24, 2.45) is 0 Å². The molecule has 0 unspecified atom stereocenters. The first-order valence-corrected chi connectivity index (χ1v) is 6.70. The second-order valence-electron chi connectivity index (χ2n) is 4.80. The van der Waals surface area contributed by atoms with Crippen molar-refractivity contribution in [1.29, 1.82) is 0 Å². The zero-order chi connectivity index (χ0) is 18.1. The molecule has 1 aromatic carbocycles. The smallest absolute Gasteiger partial charge is 0.316 e. The lowest BCUT2D eigenvalue weighted by Crippen LogP contribution is -2.67. The SMILES string of the molecule is CCC(NC(=O)Nc1ccc(C)c(Cl)c1)(C(F)(F)F)C(F)(F)F. The zero-order valence-electron chi connectivity index (χ0n) is 12.0. The van der Waals surface area contributed by atoms with E-state index in [2.05, 4.69) is 0 Å². The fraction of sp³-hybridized carbons (Fsp3) is 0.462. The largest absolute Gasteiger partial charge is 0.420 e. The van der Waals surface area contributed by atoms with Crippen LogP contribution in [0.25, 0.3) is 0 Å². The molecular formula is C13H13ClF6N2O. The molecule has 3 nitrogen and oxygen atoms in total. The Bertz CT molecular complexity index is 571. The van der Waals surface area contributed by atoms with Crippen molar-refractivity contribution in [3.8, 4) is 0 Å². The van der Waals surface area contributed by atoms with E-state index in [9.17, 15) is 31.1 Å². The number of nitrogens with one attached hydrogen (secondary N) is 2. The first-order chi connectivity index (χ1) is 10.3. The number of aryl methyl sites for hydroxylation is 1. The number of amides is 2. The highest BCUT2D eigenvalue weighted by atomic mass is 35.5. The first-order valence-electron chi connectivity index (χ1n) is 6.33. The summed E-state index contributed by atoms with van der Waals surface area (Å²) in [4.78, 5) is 11.6. The Morgan fingerprint density at radius 2 is 1.65 bits per heavy atom. The molecular weight excluding hydrogens is 350 g/mol. The van der Waals surface area contributed by atoms with Crippen molar-refractivity contribution in [2.45, 2.75) is 38.2 Å². The minimum atomic E-state index is -5.71. The van der Waals surface area contributed by atoms with Gasteiger partial charge in [0, 0.05) is 10.7 Å². The van der Waals surface area contributed by atoms with Crippen molar-refractivity contribution < 1.29 is 31.1 Å². The quantitative estimate of drug-likeness (QED) is 0.726. The summed E-state index contributed by atoms with van der Waals surface area (Å²) in [5.41, 5.74) is -3.74. The van der Waals surface area contributed by atoms with Crippen LogP contribution in [0.1, 0.15) is 18.9 Å². The number of hydrogen-bond donors (Lipinski definition) is 2. The molecule has 130 valence electrons. The van der Waals surface area contributed by atoms with E-state index in [1.165, 1.54) is 18.2 Å². The normalized spacial score (nSPS) is 12.9. The second kappa shape index (κ2) is 6.46. The van der Waals surface area contributed by atoms with Crippen LogP contribution in [0.4, 0.5) is 36.8 Å². The van der Waals surface area contributed by atoms with Gasteiger partial charge in [-0.1, -0.05) is 24.6 Å². The van der Waals surface area contributed by atoms with Crippen molar-refractivity contribution in [3.05, 3.63) is 28.8 Å². The van der Waals surface area contributed by atoms with E-state index in [0.717, 1.165) is 5.32 Å². The number of benzene rings is 1. The minimum absolute atomic E-state index is 0.0348. The molecule has 2 N–H and O–H groups in total. The molecule has 0 aromatic heterocycles. The van der Waals surface area contributed by atoms with Gasteiger partial charge in [-0.3, -0.25) is 0 Å². The fourth-order valence-corrected chi connectivity index (χ4v) is 2.00. The number of urea groups is 1. The van der Waals surface area contributed by atoms with Crippen molar-refractivity contribution in [1.82, 2.24) is 5.32 Å². The monoisotopic (exact) mass is 362 g/mol. The summed E-state index contributed by atoms with van der Waals surface area (Å²) in [6.45, 7) is 2.33. The molecule has 0 saturated heterocycles. The van der Waals surface area contributed by atoms with Gasteiger partial charge in [0.25, 0.3) is 0 Å². The standard InChI is InChI=1S/C13H13ClF6N2O/c1-3-11(12(15,16)17,13(18,19)20)22-10(23)21-8-5-4-7(2)9(14)6-8/h4-6H,3H2,1-2H3,(H2,21,22,23). The van der Waals surface area contributed by atoms with Gasteiger partial charge in [0.15, 0.2) is 0 Å². The average molecular weight is 363 g/mol. The third-order valence-corrected chi connectivity index (χ3v) is 3.66. The van der Waals surface area contributed by atoms with Gasteiger partial charge in [-0.05, 0) is 31.0 Å². The molecule has 0 bridgehead atoms. The second-order valence-corrected chi connectivity index (χ2v) is 5.20. The average Bonchev–Trinajstić information content (AvgIpc) is 2.37. The molecule has 23 heavy (non-hydrogen) atoms. The number of halogens is 7. The van der Waals surface area contributed by atoms with Crippen LogP contribution in [-0.2, 0) is 0 Å². The van der Waals surface area contributed by atoms with E-state index < -0.39 is 30.3 Å². The molecule has 1 rings (SSSR count). The van der Waals surface area contributed by atoms with E-state index in [0.29, 0.717) is 12.5 Å². The van der Waals surface area contributed by atoms with Gasteiger partial charge < -0.3 is 10.6 Å². The Kier molecular flexibility index (Phi) is 5.45. The summed E-state index contributed by atoms with van der Waals surface area (Å²) in [7, 11) is 0. The summed E-state index contributed by atoms with van der Waals surface area (Å²) in [6.07, 6.45) is -12.8. The lowest BCUT2D eigenvalue weighted by molar-refractivity contribution is -0.304. The first kappa shape index (κ1) is 19.4. The number of rotatable bonds is 3. The summed E-state index contributed by atoms with van der Waals surface area (Å²) in [5, 5.41) is 3.11. The highest BCUT2D eigenvalue weighted by Gasteiger charge is 2.70. The van der Waals surface area contributed by atoms with Gasteiger partial charge in [-0.2, -0.15) is 26.3 Å². The van der Waals surface area contributed by atoms with E-state index in [1.54, 1.807) is 6.92 Å².